The lowest BCUT2D eigenvalue weighted by Gasteiger charge is -2.09. The Balaban J connectivity index is 2.28. The van der Waals surface area contributed by atoms with Crippen LogP contribution in [0.15, 0.2) is 45.8 Å². The third kappa shape index (κ3) is 3.47. The quantitative estimate of drug-likeness (QED) is 0.658. The van der Waals surface area contributed by atoms with E-state index in [0.29, 0.717) is 12.1 Å². The zero-order valence-electron chi connectivity index (χ0n) is 13.7. The van der Waals surface area contributed by atoms with Crippen LogP contribution in [-0.4, -0.2) is 13.6 Å². The highest BCUT2D eigenvalue weighted by Crippen LogP contribution is 2.41. The molecule has 0 unspecified atom stereocenters. The minimum Gasteiger partial charge on any atom is -0.354 e. The van der Waals surface area contributed by atoms with Crippen LogP contribution >= 0.6 is 0 Å². The summed E-state index contributed by atoms with van der Waals surface area (Å²) in [5.41, 5.74) is -0.989. The summed E-state index contributed by atoms with van der Waals surface area (Å²) in [5, 5.41) is 17.2. The first-order valence-corrected chi connectivity index (χ1v) is 8.98. The first-order chi connectivity index (χ1) is 13.1. The number of nitriles is 1. The number of benzene rings is 2. The Morgan fingerprint density at radius 2 is 1.75 bits per heavy atom. The minimum absolute atomic E-state index is 0.194. The molecule has 0 saturated carbocycles. The van der Waals surface area contributed by atoms with E-state index in [4.69, 9.17) is 10.4 Å². The molecule has 2 N–H and O–H groups in total. The van der Waals surface area contributed by atoms with Gasteiger partial charge in [0, 0.05) is 11.1 Å². The third-order valence-electron chi connectivity index (χ3n) is 3.80. The number of rotatable bonds is 4. The third-order valence-corrected chi connectivity index (χ3v) is 4.73. The highest BCUT2D eigenvalue weighted by Gasteiger charge is 2.29. The zero-order valence-corrected chi connectivity index (χ0v) is 14.5. The van der Waals surface area contributed by atoms with Crippen molar-refractivity contribution in [1.29, 1.82) is 5.26 Å². The molecule has 3 aromatic rings. The Kier molecular flexibility index (Phi) is 4.93. The van der Waals surface area contributed by atoms with Gasteiger partial charge in [-0.05, 0) is 24.3 Å². The predicted octanol–water partition coefficient (Wildman–Crippen LogP) is 3.74. The standard InChI is InChI=1S/C17H9F4N3O3S/c18-11-6-13(28(23,25)26)12(19)5-10(11)14-15(24-27-16(14)17(20)21)9-3-1-8(7-22)2-4-9/h1-6,17H,(H2,23,25,26). The number of hydrogen-bond acceptors (Lipinski definition) is 5. The Labute approximate surface area is 155 Å². The molecule has 28 heavy (non-hydrogen) atoms. The fraction of sp³-hybridized carbons (Fsp3) is 0.0588. The first kappa shape index (κ1) is 19.5. The largest absolute Gasteiger partial charge is 0.354 e. The molecular weight excluding hydrogens is 402 g/mol. The number of nitrogens with zero attached hydrogens (tertiary/aromatic N) is 2. The monoisotopic (exact) mass is 411 g/mol. The van der Waals surface area contributed by atoms with E-state index < -0.39 is 49.9 Å². The van der Waals surface area contributed by atoms with Crippen LogP contribution in [0.3, 0.4) is 0 Å². The van der Waals surface area contributed by atoms with Crippen molar-refractivity contribution in [3.8, 4) is 28.5 Å². The van der Waals surface area contributed by atoms with Crippen molar-refractivity contribution in [3.05, 3.63) is 59.4 Å². The molecule has 0 aliphatic carbocycles. The Bertz CT molecular complexity index is 1200. The van der Waals surface area contributed by atoms with Gasteiger partial charge in [-0.15, -0.1) is 0 Å². The molecule has 0 atom stereocenters. The fourth-order valence-corrected chi connectivity index (χ4v) is 3.15. The van der Waals surface area contributed by atoms with Gasteiger partial charge in [-0.1, -0.05) is 17.3 Å². The second kappa shape index (κ2) is 7.06. The summed E-state index contributed by atoms with van der Waals surface area (Å²) in [6.07, 6.45) is -3.21. The molecule has 11 heteroatoms. The molecular formula is C17H9F4N3O3S. The van der Waals surface area contributed by atoms with Crippen molar-refractivity contribution in [3.63, 3.8) is 0 Å². The number of sulfonamides is 1. The van der Waals surface area contributed by atoms with Gasteiger partial charge in [0.1, 0.15) is 22.2 Å². The smallest absolute Gasteiger partial charge is 0.298 e. The summed E-state index contributed by atoms with van der Waals surface area (Å²) in [4.78, 5) is -1.12. The molecule has 0 aliphatic heterocycles. The number of primary sulfonamides is 1. The molecule has 0 spiro atoms. The number of halogens is 4. The number of nitrogens with two attached hydrogens (primary N) is 1. The second-order valence-electron chi connectivity index (χ2n) is 5.57. The van der Waals surface area contributed by atoms with Crippen LogP contribution in [0.1, 0.15) is 17.7 Å². The molecule has 6 nitrogen and oxygen atoms in total. The van der Waals surface area contributed by atoms with E-state index in [1.165, 1.54) is 24.3 Å². The van der Waals surface area contributed by atoms with Crippen molar-refractivity contribution in [1.82, 2.24) is 5.16 Å². The van der Waals surface area contributed by atoms with Crippen molar-refractivity contribution in [2.75, 3.05) is 0 Å². The van der Waals surface area contributed by atoms with E-state index >= 15 is 0 Å². The van der Waals surface area contributed by atoms with E-state index in [1.54, 1.807) is 0 Å². The van der Waals surface area contributed by atoms with Gasteiger partial charge in [-0.25, -0.2) is 31.1 Å². The van der Waals surface area contributed by atoms with Crippen molar-refractivity contribution >= 4 is 10.0 Å². The van der Waals surface area contributed by atoms with E-state index in [9.17, 15) is 26.0 Å². The number of aromatic nitrogens is 1. The van der Waals surface area contributed by atoms with Gasteiger partial charge in [0.05, 0.1) is 17.2 Å². The van der Waals surface area contributed by atoms with Crippen LogP contribution < -0.4 is 5.14 Å². The molecule has 0 fully saturated rings. The summed E-state index contributed by atoms with van der Waals surface area (Å²) in [6, 6.07) is 8.07. The molecule has 144 valence electrons. The average Bonchev–Trinajstić information content (AvgIpc) is 3.07. The first-order valence-electron chi connectivity index (χ1n) is 7.44. The molecule has 0 saturated heterocycles. The van der Waals surface area contributed by atoms with Crippen LogP contribution in [0.2, 0.25) is 0 Å². The Hall–Kier alpha value is -3.23. The molecule has 0 amide bonds. The Morgan fingerprint density at radius 1 is 1.11 bits per heavy atom. The normalized spacial score (nSPS) is 11.6. The molecule has 0 bridgehead atoms. The minimum atomic E-state index is -4.57. The average molecular weight is 411 g/mol. The maximum absolute atomic E-state index is 14.5. The number of hydrogen-bond donors (Lipinski definition) is 1. The fourth-order valence-electron chi connectivity index (χ4n) is 2.55. The lowest BCUT2D eigenvalue weighted by molar-refractivity contribution is 0.113. The zero-order chi connectivity index (χ0) is 20.6. The molecule has 1 aromatic heterocycles. The van der Waals surface area contributed by atoms with Gasteiger partial charge in [0.15, 0.2) is 0 Å². The SMILES string of the molecule is N#Cc1ccc(-c2noc(C(F)F)c2-c2cc(F)c(S(N)(=O)=O)cc2F)cc1. The van der Waals surface area contributed by atoms with Crippen LogP contribution in [0.4, 0.5) is 17.6 Å². The molecule has 3 rings (SSSR count). The van der Waals surface area contributed by atoms with Crippen LogP contribution in [-0.2, 0) is 10.0 Å². The summed E-state index contributed by atoms with van der Waals surface area (Å²) in [6.45, 7) is 0. The van der Waals surface area contributed by atoms with Crippen LogP contribution in [0.25, 0.3) is 22.4 Å². The van der Waals surface area contributed by atoms with Gasteiger partial charge in [-0.3, -0.25) is 0 Å². The molecule has 1 heterocycles. The van der Waals surface area contributed by atoms with Crippen LogP contribution in [0, 0.1) is 23.0 Å². The van der Waals surface area contributed by atoms with Crippen molar-refractivity contribution < 1.29 is 30.5 Å². The molecule has 0 aliphatic rings. The van der Waals surface area contributed by atoms with Gasteiger partial charge < -0.3 is 4.52 Å². The van der Waals surface area contributed by atoms with Gasteiger partial charge in [0.2, 0.25) is 15.8 Å². The summed E-state index contributed by atoms with van der Waals surface area (Å²) in [5.74, 6) is -3.77. The number of alkyl halides is 2. The Morgan fingerprint density at radius 3 is 2.29 bits per heavy atom. The van der Waals surface area contributed by atoms with E-state index in [0.717, 1.165) is 0 Å². The van der Waals surface area contributed by atoms with Crippen LogP contribution in [0.5, 0.6) is 0 Å². The van der Waals surface area contributed by atoms with Gasteiger partial charge >= 0.3 is 0 Å². The summed E-state index contributed by atoms with van der Waals surface area (Å²) < 4.78 is 82.7. The van der Waals surface area contributed by atoms with Crippen molar-refractivity contribution in [2.45, 2.75) is 11.3 Å². The highest BCUT2D eigenvalue weighted by atomic mass is 32.2. The van der Waals surface area contributed by atoms with Crippen molar-refractivity contribution in [2.24, 2.45) is 5.14 Å². The predicted molar refractivity (Wildman–Crippen MR) is 88.3 cm³/mol. The topological polar surface area (TPSA) is 110 Å². The lowest BCUT2D eigenvalue weighted by Crippen LogP contribution is -2.14. The van der Waals surface area contributed by atoms with E-state index in [1.807, 2.05) is 6.07 Å². The molecule has 0 radical (unpaired) electrons. The van der Waals surface area contributed by atoms with E-state index in [2.05, 4.69) is 9.68 Å². The lowest BCUT2D eigenvalue weighted by atomic mass is 9.98. The van der Waals surface area contributed by atoms with E-state index in [-0.39, 0.29) is 16.8 Å². The molecule has 2 aromatic carbocycles. The maximum Gasteiger partial charge on any atom is 0.298 e. The van der Waals surface area contributed by atoms with Gasteiger partial charge in [0.25, 0.3) is 6.43 Å². The summed E-state index contributed by atoms with van der Waals surface area (Å²) in [7, 11) is -4.57. The summed E-state index contributed by atoms with van der Waals surface area (Å²) >= 11 is 0. The highest BCUT2D eigenvalue weighted by molar-refractivity contribution is 7.89. The second-order valence-corrected chi connectivity index (χ2v) is 7.10. The van der Waals surface area contributed by atoms with Gasteiger partial charge in [-0.2, -0.15) is 5.26 Å². The maximum atomic E-state index is 14.5.